The Morgan fingerprint density at radius 2 is 2.40 bits per heavy atom. The lowest BCUT2D eigenvalue weighted by Gasteiger charge is -2.27. The number of esters is 1. The molecule has 0 aliphatic heterocycles. The van der Waals surface area contributed by atoms with E-state index in [4.69, 9.17) is 4.74 Å². The summed E-state index contributed by atoms with van der Waals surface area (Å²) >= 11 is 1.63. The van der Waals surface area contributed by atoms with Gasteiger partial charge in [-0.25, -0.2) is 4.39 Å². The third-order valence-corrected chi connectivity index (χ3v) is 4.92. The van der Waals surface area contributed by atoms with Gasteiger partial charge in [-0.15, -0.1) is 11.8 Å². The van der Waals surface area contributed by atoms with Gasteiger partial charge in [-0.05, 0) is 44.0 Å². The van der Waals surface area contributed by atoms with Crippen molar-refractivity contribution in [2.24, 2.45) is 0 Å². The Hall–Kier alpha value is -1.07. The van der Waals surface area contributed by atoms with Gasteiger partial charge in [0.1, 0.15) is 11.4 Å². The summed E-state index contributed by atoms with van der Waals surface area (Å²) in [4.78, 5) is 12.9. The number of rotatable bonds is 5. The average molecular weight is 297 g/mol. The Kier molecular flexibility index (Phi) is 5.05. The van der Waals surface area contributed by atoms with Crippen molar-refractivity contribution in [1.82, 2.24) is 5.32 Å². The molecule has 2 unspecified atom stereocenters. The number of ether oxygens (including phenoxy) is 1. The molecule has 0 amide bonds. The smallest absolute Gasteiger partial charge is 0.326 e. The first-order chi connectivity index (χ1) is 9.59. The lowest BCUT2D eigenvalue weighted by atomic mass is 9.98. The third-order valence-electron chi connectivity index (χ3n) is 3.66. The summed E-state index contributed by atoms with van der Waals surface area (Å²) in [5, 5.41) is 3.57. The first-order valence-corrected chi connectivity index (χ1v) is 7.73. The van der Waals surface area contributed by atoms with Gasteiger partial charge in [0.05, 0.1) is 7.11 Å². The average Bonchev–Trinajstić information content (AvgIpc) is 2.82. The van der Waals surface area contributed by atoms with Crippen LogP contribution in [0, 0.1) is 5.82 Å². The van der Waals surface area contributed by atoms with Crippen LogP contribution >= 0.6 is 11.8 Å². The van der Waals surface area contributed by atoms with Crippen molar-refractivity contribution in [3.8, 4) is 0 Å². The Bertz CT molecular complexity index is 483. The van der Waals surface area contributed by atoms with E-state index in [2.05, 4.69) is 5.32 Å². The normalized spacial score (nSPS) is 25.6. The largest absolute Gasteiger partial charge is 0.468 e. The van der Waals surface area contributed by atoms with Crippen molar-refractivity contribution >= 4 is 17.7 Å². The second kappa shape index (κ2) is 6.59. The number of thioether (sulfide) groups is 1. The first-order valence-electron chi connectivity index (χ1n) is 6.85. The van der Waals surface area contributed by atoms with Gasteiger partial charge in [0.25, 0.3) is 0 Å². The highest BCUT2D eigenvalue weighted by molar-refractivity contribution is 8.00. The summed E-state index contributed by atoms with van der Waals surface area (Å²) in [5.74, 6) is -0.416. The third kappa shape index (κ3) is 3.33. The lowest BCUT2D eigenvalue weighted by molar-refractivity contribution is -0.148. The van der Waals surface area contributed by atoms with Gasteiger partial charge in [-0.2, -0.15) is 0 Å². The Balaban J connectivity index is 2.05. The van der Waals surface area contributed by atoms with Crippen LogP contribution < -0.4 is 5.32 Å². The fourth-order valence-corrected chi connectivity index (χ4v) is 4.11. The number of hydrogen-bond donors (Lipinski definition) is 1. The maximum Gasteiger partial charge on any atom is 0.326 e. The SMILES string of the molecule is CCNC1(C(=O)OC)CCC(Sc2cccc(F)c2)C1. The summed E-state index contributed by atoms with van der Waals surface area (Å²) in [6, 6.07) is 6.59. The van der Waals surface area contributed by atoms with E-state index < -0.39 is 5.54 Å². The van der Waals surface area contributed by atoms with Crippen LogP contribution in [0.25, 0.3) is 0 Å². The summed E-state index contributed by atoms with van der Waals surface area (Å²) in [5.41, 5.74) is -0.575. The molecule has 5 heteroatoms. The number of hydrogen-bond acceptors (Lipinski definition) is 4. The van der Waals surface area contributed by atoms with E-state index >= 15 is 0 Å². The first kappa shape index (κ1) is 15.3. The second-order valence-corrected chi connectivity index (χ2v) is 6.42. The number of halogens is 1. The monoisotopic (exact) mass is 297 g/mol. The molecule has 1 aliphatic carbocycles. The number of nitrogens with one attached hydrogen (secondary N) is 1. The van der Waals surface area contributed by atoms with Gasteiger partial charge in [0.2, 0.25) is 0 Å². The molecule has 0 aromatic heterocycles. The zero-order valence-corrected chi connectivity index (χ0v) is 12.6. The van der Waals surface area contributed by atoms with Crippen molar-refractivity contribution in [3.63, 3.8) is 0 Å². The molecule has 0 saturated heterocycles. The summed E-state index contributed by atoms with van der Waals surface area (Å²) < 4.78 is 18.1. The molecule has 110 valence electrons. The molecular formula is C15H20FNO2S. The summed E-state index contributed by atoms with van der Waals surface area (Å²) in [6.07, 6.45) is 2.40. The van der Waals surface area contributed by atoms with E-state index in [0.29, 0.717) is 11.7 Å². The van der Waals surface area contributed by atoms with Crippen molar-refractivity contribution < 1.29 is 13.9 Å². The molecule has 1 aromatic rings. The zero-order chi connectivity index (χ0) is 14.6. The molecular weight excluding hydrogens is 277 g/mol. The van der Waals surface area contributed by atoms with E-state index in [1.807, 2.05) is 13.0 Å². The Labute approximate surface area is 123 Å². The van der Waals surface area contributed by atoms with Crippen molar-refractivity contribution in [3.05, 3.63) is 30.1 Å². The van der Waals surface area contributed by atoms with Crippen molar-refractivity contribution in [1.29, 1.82) is 0 Å². The van der Waals surface area contributed by atoms with Crippen LogP contribution in [0.15, 0.2) is 29.2 Å². The number of benzene rings is 1. The Morgan fingerprint density at radius 3 is 3.05 bits per heavy atom. The molecule has 3 nitrogen and oxygen atoms in total. The standard InChI is InChI=1S/C15H20FNO2S/c1-3-17-15(14(18)19-2)8-7-13(10-15)20-12-6-4-5-11(16)9-12/h4-6,9,13,17H,3,7-8,10H2,1-2H3. The van der Waals surface area contributed by atoms with Crippen molar-refractivity contribution in [2.75, 3.05) is 13.7 Å². The van der Waals surface area contributed by atoms with E-state index in [1.165, 1.54) is 19.2 Å². The Morgan fingerprint density at radius 1 is 1.60 bits per heavy atom. The topological polar surface area (TPSA) is 38.3 Å². The quantitative estimate of drug-likeness (QED) is 0.848. The maximum absolute atomic E-state index is 13.2. The fourth-order valence-electron chi connectivity index (χ4n) is 2.79. The number of methoxy groups -OCH3 is 1. The second-order valence-electron chi connectivity index (χ2n) is 5.04. The van der Waals surface area contributed by atoms with Crippen LogP contribution in [0.2, 0.25) is 0 Å². The van der Waals surface area contributed by atoms with Gasteiger partial charge in [0, 0.05) is 10.1 Å². The van der Waals surface area contributed by atoms with Gasteiger partial charge in [-0.3, -0.25) is 4.79 Å². The predicted octanol–water partition coefficient (Wildman–Crippen LogP) is 2.99. The van der Waals surface area contributed by atoms with Crippen LogP contribution in [0.5, 0.6) is 0 Å². The minimum Gasteiger partial charge on any atom is -0.468 e. The number of carbonyl (C=O) groups is 1. The number of likely N-dealkylation sites (N-methyl/N-ethyl adjacent to an activating group) is 1. The molecule has 1 aromatic carbocycles. The maximum atomic E-state index is 13.2. The minimum atomic E-state index is -0.575. The molecule has 0 bridgehead atoms. The highest BCUT2D eigenvalue weighted by Gasteiger charge is 2.45. The molecule has 0 spiro atoms. The fraction of sp³-hybridized carbons (Fsp3) is 0.533. The molecule has 0 radical (unpaired) electrons. The zero-order valence-electron chi connectivity index (χ0n) is 11.8. The van der Waals surface area contributed by atoms with E-state index in [1.54, 1.807) is 17.8 Å². The van der Waals surface area contributed by atoms with Crippen LogP contribution in [-0.4, -0.2) is 30.4 Å². The molecule has 2 atom stereocenters. The lowest BCUT2D eigenvalue weighted by Crippen LogP contribution is -2.50. The van der Waals surface area contributed by atoms with Gasteiger partial charge >= 0.3 is 5.97 Å². The van der Waals surface area contributed by atoms with Gasteiger partial charge < -0.3 is 10.1 Å². The van der Waals surface area contributed by atoms with E-state index in [0.717, 1.165) is 24.3 Å². The predicted molar refractivity (Wildman–Crippen MR) is 78.3 cm³/mol. The molecule has 1 N–H and O–H groups in total. The number of carbonyl (C=O) groups excluding carboxylic acids is 1. The molecule has 1 fully saturated rings. The minimum absolute atomic E-state index is 0.193. The van der Waals surface area contributed by atoms with Crippen LogP contribution in [-0.2, 0) is 9.53 Å². The van der Waals surface area contributed by atoms with E-state index in [-0.39, 0.29) is 11.8 Å². The van der Waals surface area contributed by atoms with Gasteiger partial charge in [-0.1, -0.05) is 13.0 Å². The molecule has 20 heavy (non-hydrogen) atoms. The highest BCUT2D eigenvalue weighted by Crippen LogP contribution is 2.40. The van der Waals surface area contributed by atoms with Crippen LogP contribution in [0.4, 0.5) is 4.39 Å². The molecule has 2 rings (SSSR count). The molecule has 1 saturated carbocycles. The highest BCUT2D eigenvalue weighted by atomic mass is 32.2. The van der Waals surface area contributed by atoms with Gasteiger partial charge in [0.15, 0.2) is 0 Å². The van der Waals surface area contributed by atoms with Crippen LogP contribution in [0.1, 0.15) is 26.2 Å². The molecule has 0 heterocycles. The summed E-state index contributed by atoms with van der Waals surface area (Å²) in [7, 11) is 1.43. The van der Waals surface area contributed by atoms with Crippen LogP contribution in [0.3, 0.4) is 0 Å². The van der Waals surface area contributed by atoms with E-state index in [9.17, 15) is 9.18 Å². The van der Waals surface area contributed by atoms with Crippen molar-refractivity contribution in [2.45, 2.75) is 41.9 Å². The summed E-state index contributed by atoms with van der Waals surface area (Å²) in [6.45, 7) is 2.71. The molecule has 1 aliphatic rings.